The van der Waals surface area contributed by atoms with E-state index in [4.69, 9.17) is 4.74 Å². The predicted molar refractivity (Wildman–Crippen MR) is 84.6 cm³/mol. The van der Waals surface area contributed by atoms with Crippen LogP contribution in [0.1, 0.15) is 37.8 Å². The second-order valence-electron chi connectivity index (χ2n) is 6.30. The van der Waals surface area contributed by atoms with Crippen molar-refractivity contribution < 1.29 is 9.53 Å². The maximum atomic E-state index is 12.4. The number of rotatable bonds is 5. The summed E-state index contributed by atoms with van der Waals surface area (Å²) in [6.45, 7) is 2.44. The number of methoxy groups -OCH3 is 1. The summed E-state index contributed by atoms with van der Waals surface area (Å²) in [6, 6.07) is 6.17. The Kier molecular flexibility index (Phi) is 4.93. The third kappa shape index (κ3) is 3.58. The summed E-state index contributed by atoms with van der Waals surface area (Å²) in [5.74, 6) is 1.31. The van der Waals surface area contributed by atoms with Gasteiger partial charge in [0.05, 0.1) is 12.8 Å². The van der Waals surface area contributed by atoms with Gasteiger partial charge in [0.15, 0.2) is 0 Å². The predicted octanol–water partition coefficient (Wildman–Crippen LogP) is 1.97. The Balaban J connectivity index is 1.47. The van der Waals surface area contributed by atoms with Gasteiger partial charge in [0.2, 0.25) is 11.8 Å². The van der Waals surface area contributed by atoms with Crippen molar-refractivity contribution in [1.29, 1.82) is 0 Å². The van der Waals surface area contributed by atoms with E-state index >= 15 is 0 Å². The lowest BCUT2D eigenvalue weighted by Crippen LogP contribution is -2.37. The summed E-state index contributed by atoms with van der Waals surface area (Å²) in [6.07, 6.45) is 5.63. The summed E-state index contributed by atoms with van der Waals surface area (Å²) in [5, 5.41) is 3.51. The van der Waals surface area contributed by atoms with Gasteiger partial charge in [-0.05, 0) is 25.3 Å². The molecule has 22 heavy (non-hydrogen) atoms. The highest BCUT2D eigenvalue weighted by Crippen LogP contribution is 2.27. The molecule has 0 radical (unpaired) electrons. The number of aromatic nitrogens is 1. The second kappa shape index (κ2) is 7.09. The molecular weight excluding hydrogens is 278 g/mol. The summed E-state index contributed by atoms with van der Waals surface area (Å²) in [7, 11) is 1.63. The third-order valence-electron chi connectivity index (χ3n) is 4.77. The fraction of sp³-hybridized carbons (Fsp3) is 0.647. The van der Waals surface area contributed by atoms with E-state index in [9.17, 15) is 4.79 Å². The molecule has 1 N–H and O–H groups in total. The summed E-state index contributed by atoms with van der Waals surface area (Å²) in [4.78, 5) is 18.9. The van der Waals surface area contributed by atoms with Gasteiger partial charge in [0, 0.05) is 37.7 Å². The number of carbonyl (C=O) groups excluding carboxylic acids is 1. The van der Waals surface area contributed by atoms with Crippen LogP contribution in [0.15, 0.2) is 18.2 Å². The third-order valence-corrected chi connectivity index (χ3v) is 4.77. The minimum absolute atomic E-state index is 0.291. The van der Waals surface area contributed by atoms with Crippen LogP contribution in [0.2, 0.25) is 0 Å². The van der Waals surface area contributed by atoms with Crippen LogP contribution in [0.25, 0.3) is 0 Å². The van der Waals surface area contributed by atoms with Crippen molar-refractivity contribution in [2.45, 2.75) is 44.7 Å². The molecule has 1 aliphatic carbocycles. The van der Waals surface area contributed by atoms with Gasteiger partial charge in [0.25, 0.3) is 0 Å². The van der Waals surface area contributed by atoms with Gasteiger partial charge in [-0.2, -0.15) is 0 Å². The maximum Gasteiger partial charge on any atom is 0.225 e. The molecule has 3 rings (SSSR count). The van der Waals surface area contributed by atoms with Crippen LogP contribution in [0.5, 0.6) is 5.88 Å². The van der Waals surface area contributed by atoms with Crippen LogP contribution in [-0.2, 0) is 11.3 Å². The van der Waals surface area contributed by atoms with Crippen LogP contribution in [0, 0.1) is 5.92 Å². The Morgan fingerprint density at radius 2 is 2.18 bits per heavy atom. The van der Waals surface area contributed by atoms with Crippen molar-refractivity contribution in [3.8, 4) is 5.88 Å². The lowest BCUT2D eigenvalue weighted by Gasteiger charge is -2.20. The molecule has 1 saturated heterocycles. The monoisotopic (exact) mass is 303 g/mol. The first-order chi connectivity index (χ1) is 10.8. The molecule has 5 nitrogen and oxygen atoms in total. The Morgan fingerprint density at radius 3 is 2.95 bits per heavy atom. The Hall–Kier alpha value is -1.62. The van der Waals surface area contributed by atoms with E-state index in [2.05, 4.69) is 10.3 Å². The standard InChI is InChI=1S/C17H25N3O2/c1-22-16-8-4-7-14(19-16)11-18-15-9-10-20(12-15)17(21)13-5-2-3-6-13/h4,7-8,13,15,18H,2-3,5-6,9-12H2,1H3/t15-/m1/s1. The zero-order chi connectivity index (χ0) is 15.4. The average molecular weight is 303 g/mol. The van der Waals surface area contributed by atoms with E-state index in [0.29, 0.717) is 30.3 Å². The zero-order valence-corrected chi connectivity index (χ0v) is 13.3. The molecule has 0 unspecified atom stereocenters. The molecule has 120 valence electrons. The molecule has 5 heteroatoms. The minimum Gasteiger partial charge on any atom is -0.481 e. The van der Waals surface area contributed by atoms with Gasteiger partial charge >= 0.3 is 0 Å². The number of hydrogen-bond donors (Lipinski definition) is 1. The Morgan fingerprint density at radius 1 is 1.36 bits per heavy atom. The summed E-state index contributed by atoms with van der Waals surface area (Å²) in [5.41, 5.74) is 0.972. The molecule has 1 aromatic rings. The first-order valence-corrected chi connectivity index (χ1v) is 8.28. The van der Waals surface area contributed by atoms with Crippen LogP contribution in [0.3, 0.4) is 0 Å². The average Bonchev–Trinajstić information content (AvgIpc) is 3.24. The van der Waals surface area contributed by atoms with E-state index in [1.807, 2.05) is 23.1 Å². The van der Waals surface area contributed by atoms with E-state index in [1.54, 1.807) is 7.11 Å². The van der Waals surface area contributed by atoms with Crippen molar-refractivity contribution in [1.82, 2.24) is 15.2 Å². The first-order valence-electron chi connectivity index (χ1n) is 8.28. The van der Waals surface area contributed by atoms with E-state index in [0.717, 1.165) is 38.0 Å². The molecule has 1 amide bonds. The molecule has 2 aliphatic rings. The quantitative estimate of drug-likeness (QED) is 0.903. The number of ether oxygens (including phenoxy) is 1. The number of amides is 1. The number of likely N-dealkylation sites (tertiary alicyclic amines) is 1. The van der Waals surface area contributed by atoms with Crippen LogP contribution in [-0.4, -0.2) is 42.0 Å². The van der Waals surface area contributed by atoms with Crippen molar-refractivity contribution in [2.24, 2.45) is 5.92 Å². The lowest BCUT2D eigenvalue weighted by molar-refractivity contribution is -0.134. The highest BCUT2D eigenvalue weighted by molar-refractivity contribution is 5.79. The fourth-order valence-corrected chi connectivity index (χ4v) is 3.48. The largest absolute Gasteiger partial charge is 0.481 e. The first kappa shape index (κ1) is 15.3. The highest BCUT2D eigenvalue weighted by Gasteiger charge is 2.31. The van der Waals surface area contributed by atoms with Gasteiger partial charge in [-0.1, -0.05) is 18.9 Å². The van der Waals surface area contributed by atoms with Crippen LogP contribution in [0.4, 0.5) is 0 Å². The van der Waals surface area contributed by atoms with Crippen molar-refractivity contribution in [2.75, 3.05) is 20.2 Å². The highest BCUT2D eigenvalue weighted by atomic mass is 16.5. The molecule has 1 aliphatic heterocycles. The maximum absolute atomic E-state index is 12.4. The molecule has 2 heterocycles. The minimum atomic E-state index is 0.291. The molecule has 1 saturated carbocycles. The normalized spacial score (nSPS) is 22.2. The van der Waals surface area contributed by atoms with Crippen molar-refractivity contribution in [3.63, 3.8) is 0 Å². The van der Waals surface area contributed by atoms with Crippen LogP contribution >= 0.6 is 0 Å². The molecule has 0 spiro atoms. The van der Waals surface area contributed by atoms with E-state index in [-0.39, 0.29) is 0 Å². The number of nitrogens with one attached hydrogen (secondary N) is 1. The molecule has 2 fully saturated rings. The summed E-state index contributed by atoms with van der Waals surface area (Å²) < 4.78 is 5.14. The van der Waals surface area contributed by atoms with Gasteiger partial charge in [0.1, 0.15) is 0 Å². The smallest absolute Gasteiger partial charge is 0.225 e. The van der Waals surface area contributed by atoms with Crippen molar-refractivity contribution >= 4 is 5.91 Å². The van der Waals surface area contributed by atoms with Gasteiger partial charge in [-0.3, -0.25) is 4.79 Å². The SMILES string of the molecule is COc1cccc(CN[C@@H]2CCN(C(=O)C3CCCC3)C2)n1. The van der Waals surface area contributed by atoms with Gasteiger partial charge < -0.3 is 15.0 Å². The van der Waals surface area contributed by atoms with Gasteiger partial charge in [-0.15, -0.1) is 0 Å². The topological polar surface area (TPSA) is 54.5 Å². The second-order valence-corrected chi connectivity index (χ2v) is 6.30. The zero-order valence-electron chi connectivity index (χ0n) is 13.3. The lowest BCUT2D eigenvalue weighted by atomic mass is 10.1. The van der Waals surface area contributed by atoms with Gasteiger partial charge in [-0.25, -0.2) is 4.98 Å². The molecule has 1 atom stereocenters. The molecule has 0 bridgehead atoms. The Labute approximate surface area is 132 Å². The number of hydrogen-bond acceptors (Lipinski definition) is 4. The van der Waals surface area contributed by atoms with E-state index < -0.39 is 0 Å². The summed E-state index contributed by atoms with van der Waals surface area (Å²) >= 11 is 0. The number of nitrogens with zero attached hydrogens (tertiary/aromatic N) is 2. The van der Waals surface area contributed by atoms with Crippen molar-refractivity contribution in [3.05, 3.63) is 23.9 Å². The molecular formula is C17H25N3O2. The van der Waals surface area contributed by atoms with Crippen LogP contribution < -0.4 is 10.1 Å². The fourth-order valence-electron chi connectivity index (χ4n) is 3.48. The number of carbonyl (C=O) groups is 1. The molecule has 1 aromatic heterocycles. The number of pyridine rings is 1. The Bertz CT molecular complexity index is 514. The molecule has 0 aromatic carbocycles. The van der Waals surface area contributed by atoms with E-state index in [1.165, 1.54) is 12.8 Å².